The summed E-state index contributed by atoms with van der Waals surface area (Å²) >= 11 is 1.19. The summed E-state index contributed by atoms with van der Waals surface area (Å²) in [4.78, 5) is 0. The van der Waals surface area contributed by atoms with E-state index in [2.05, 4.69) is 25.1 Å². The van der Waals surface area contributed by atoms with Crippen LogP contribution in [0.5, 0.6) is 0 Å². The molecule has 21 heavy (non-hydrogen) atoms. The SMILES string of the molecule is Cc1[nH]nc(S(=O)(=O)Nc2nnc(CC(C)C)s2)c1CO. The maximum absolute atomic E-state index is 12.3. The zero-order valence-corrected chi connectivity index (χ0v) is 13.5. The summed E-state index contributed by atoms with van der Waals surface area (Å²) in [5.41, 5.74) is 0.755. The molecule has 0 aliphatic rings. The van der Waals surface area contributed by atoms with Crippen LogP contribution in [0.3, 0.4) is 0 Å². The van der Waals surface area contributed by atoms with Gasteiger partial charge in [0.15, 0.2) is 0 Å². The van der Waals surface area contributed by atoms with Crippen molar-refractivity contribution in [2.24, 2.45) is 5.92 Å². The minimum Gasteiger partial charge on any atom is -0.392 e. The van der Waals surface area contributed by atoms with Crippen LogP contribution in [0.25, 0.3) is 0 Å². The summed E-state index contributed by atoms with van der Waals surface area (Å²) in [6.45, 7) is 5.33. The minimum absolute atomic E-state index is 0.190. The fourth-order valence-corrected chi connectivity index (χ4v) is 4.10. The molecule has 2 heterocycles. The third kappa shape index (κ3) is 3.57. The smallest absolute Gasteiger partial charge is 0.283 e. The van der Waals surface area contributed by atoms with Gasteiger partial charge >= 0.3 is 0 Å². The zero-order valence-electron chi connectivity index (χ0n) is 11.9. The molecular formula is C11H17N5O3S2. The number of hydrogen-bond acceptors (Lipinski definition) is 7. The van der Waals surface area contributed by atoms with Gasteiger partial charge in [0.2, 0.25) is 10.2 Å². The fraction of sp³-hybridized carbons (Fsp3) is 0.545. The molecule has 10 heteroatoms. The van der Waals surface area contributed by atoms with E-state index in [4.69, 9.17) is 0 Å². The highest BCUT2D eigenvalue weighted by atomic mass is 32.2. The standard InChI is InChI=1S/C11H17N5O3S2/c1-6(2)4-9-13-15-11(20-9)16-21(18,19)10-8(5-17)7(3)12-14-10/h6,17H,4-5H2,1-3H3,(H,12,14)(H,15,16). The van der Waals surface area contributed by atoms with Crippen LogP contribution < -0.4 is 4.72 Å². The van der Waals surface area contributed by atoms with E-state index in [-0.39, 0.29) is 15.7 Å². The number of aromatic amines is 1. The van der Waals surface area contributed by atoms with E-state index in [1.165, 1.54) is 11.3 Å². The summed E-state index contributed by atoms with van der Waals surface area (Å²) in [6.07, 6.45) is 0.739. The third-order valence-corrected chi connectivity index (χ3v) is 5.02. The normalized spacial score (nSPS) is 12.0. The van der Waals surface area contributed by atoms with Gasteiger partial charge in [0.1, 0.15) is 5.01 Å². The van der Waals surface area contributed by atoms with E-state index in [0.717, 1.165) is 11.4 Å². The van der Waals surface area contributed by atoms with Crippen LogP contribution in [0, 0.1) is 12.8 Å². The molecule has 0 spiro atoms. The number of aryl methyl sites for hydroxylation is 1. The number of anilines is 1. The Hall–Kier alpha value is -1.52. The number of aromatic nitrogens is 4. The topological polar surface area (TPSA) is 121 Å². The van der Waals surface area contributed by atoms with Gasteiger partial charge in [0, 0.05) is 17.7 Å². The molecule has 2 aromatic rings. The van der Waals surface area contributed by atoms with Gasteiger partial charge in [-0.05, 0) is 12.8 Å². The predicted octanol–water partition coefficient (Wildman–Crippen LogP) is 1.06. The first-order valence-electron chi connectivity index (χ1n) is 6.33. The number of H-pyrrole nitrogens is 1. The maximum Gasteiger partial charge on any atom is 0.283 e. The summed E-state index contributed by atoms with van der Waals surface area (Å²) in [7, 11) is -3.89. The molecule has 0 saturated heterocycles. The number of nitrogens with zero attached hydrogens (tertiary/aromatic N) is 3. The lowest BCUT2D eigenvalue weighted by molar-refractivity contribution is 0.277. The van der Waals surface area contributed by atoms with Crippen molar-refractivity contribution in [3.05, 3.63) is 16.3 Å². The zero-order chi connectivity index (χ0) is 15.6. The van der Waals surface area contributed by atoms with E-state index >= 15 is 0 Å². The van der Waals surface area contributed by atoms with Gasteiger partial charge in [-0.3, -0.25) is 9.82 Å². The Morgan fingerprint density at radius 3 is 2.71 bits per heavy atom. The number of aliphatic hydroxyl groups excluding tert-OH is 1. The molecule has 0 radical (unpaired) electrons. The quantitative estimate of drug-likeness (QED) is 0.728. The summed E-state index contributed by atoms with van der Waals surface area (Å²) in [5, 5.41) is 24.0. The van der Waals surface area contributed by atoms with Gasteiger partial charge < -0.3 is 5.11 Å². The fourth-order valence-electron chi connectivity index (χ4n) is 1.73. The number of hydrogen-bond donors (Lipinski definition) is 3. The first kappa shape index (κ1) is 15.9. The van der Waals surface area contributed by atoms with Crippen LogP contribution >= 0.6 is 11.3 Å². The van der Waals surface area contributed by atoms with Gasteiger partial charge in [-0.2, -0.15) is 13.5 Å². The van der Waals surface area contributed by atoms with Gasteiger partial charge in [0.05, 0.1) is 6.61 Å². The first-order chi connectivity index (χ1) is 9.83. The molecule has 0 aliphatic heterocycles. The molecular weight excluding hydrogens is 314 g/mol. The van der Waals surface area contributed by atoms with Gasteiger partial charge in [-0.15, -0.1) is 10.2 Å². The van der Waals surface area contributed by atoms with Gasteiger partial charge in [0.25, 0.3) is 10.0 Å². The molecule has 0 aliphatic carbocycles. The third-order valence-electron chi connectivity index (χ3n) is 2.72. The van der Waals surface area contributed by atoms with E-state index in [0.29, 0.717) is 11.6 Å². The molecule has 3 N–H and O–H groups in total. The Morgan fingerprint density at radius 2 is 2.10 bits per heavy atom. The lowest BCUT2D eigenvalue weighted by Crippen LogP contribution is -2.15. The molecule has 0 atom stereocenters. The summed E-state index contributed by atoms with van der Waals surface area (Å²) < 4.78 is 26.9. The maximum atomic E-state index is 12.3. The predicted molar refractivity (Wildman–Crippen MR) is 78.5 cm³/mol. The Morgan fingerprint density at radius 1 is 1.38 bits per heavy atom. The van der Waals surface area contributed by atoms with Gasteiger partial charge in [-0.1, -0.05) is 25.2 Å². The number of rotatable bonds is 6. The molecule has 0 amide bonds. The molecule has 2 rings (SSSR count). The molecule has 0 bridgehead atoms. The number of sulfonamides is 1. The highest BCUT2D eigenvalue weighted by Gasteiger charge is 2.25. The minimum atomic E-state index is -3.89. The number of nitrogens with one attached hydrogen (secondary N) is 2. The van der Waals surface area contributed by atoms with E-state index in [1.807, 2.05) is 13.8 Å². The Balaban J connectivity index is 2.23. The van der Waals surface area contributed by atoms with Gasteiger partial charge in [-0.25, -0.2) is 0 Å². The van der Waals surface area contributed by atoms with Crippen molar-refractivity contribution in [1.82, 2.24) is 20.4 Å². The molecule has 0 aromatic carbocycles. The van der Waals surface area contributed by atoms with Crippen molar-refractivity contribution in [2.45, 2.75) is 38.8 Å². The van der Waals surface area contributed by atoms with Crippen molar-refractivity contribution in [2.75, 3.05) is 4.72 Å². The molecule has 0 unspecified atom stereocenters. The Labute approximate surface area is 126 Å². The molecule has 116 valence electrons. The second kappa shape index (κ2) is 6.08. The second-order valence-electron chi connectivity index (χ2n) is 4.99. The van der Waals surface area contributed by atoms with Crippen LogP contribution in [0.15, 0.2) is 5.03 Å². The van der Waals surface area contributed by atoms with E-state index < -0.39 is 16.6 Å². The van der Waals surface area contributed by atoms with Crippen molar-refractivity contribution in [3.63, 3.8) is 0 Å². The Kier molecular flexibility index (Phi) is 4.59. The first-order valence-corrected chi connectivity index (χ1v) is 8.63. The van der Waals surface area contributed by atoms with E-state index in [9.17, 15) is 13.5 Å². The lowest BCUT2D eigenvalue weighted by atomic mass is 10.1. The average molecular weight is 331 g/mol. The molecule has 2 aromatic heterocycles. The van der Waals surface area contributed by atoms with Crippen LogP contribution in [-0.2, 0) is 23.1 Å². The van der Waals surface area contributed by atoms with Crippen molar-refractivity contribution >= 4 is 26.5 Å². The van der Waals surface area contributed by atoms with E-state index in [1.54, 1.807) is 6.92 Å². The average Bonchev–Trinajstić information content (AvgIpc) is 2.95. The monoisotopic (exact) mass is 331 g/mol. The van der Waals surface area contributed by atoms with Crippen molar-refractivity contribution in [1.29, 1.82) is 0 Å². The van der Waals surface area contributed by atoms with Crippen LogP contribution in [0.1, 0.15) is 30.1 Å². The Bertz CT molecular complexity index is 720. The summed E-state index contributed by atoms with van der Waals surface area (Å²) in [6, 6.07) is 0. The highest BCUT2D eigenvalue weighted by molar-refractivity contribution is 7.92. The lowest BCUT2D eigenvalue weighted by Gasteiger charge is -2.03. The van der Waals surface area contributed by atoms with Crippen LogP contribution in [0.4, 0.5) is 5.13 Å². The molecule has 8 nitrogen and oxygen atoms in total. The molecule has 0 saturated carbocycles. The van der Waals surface area contributed by atoms with Crippen LogP contribution in [0.2, 0.25) is 0 Å². The van der Waals surface area contributed by atoms with Crippen molar-refractivity contribution in [3.8, 4) is 0 Å². The summed E-state index contributed by atoms with van der Waals surface area (Å²) in [5.74, 6) is 0.414. The largest absolute Gasteiger partial charge is 0.392 e. The van der Waals surface area contributed by atoms with Crippen molar-refractivity contribution < 1.29 is 13.5 Å². The number of aliphatic hydroxyl groups is 1. The highest BCUT2D eigenvalue weighted by Crippen LogP contribution is 2.23. The second-order valence-corrected chi connectivity index (χ2v) is 7.65. The molecule has 0 fully saturated rings. The van der Waals surface area contributed by atoms with Crippen LogP contribution in [-0.4, -0.2) is 33.9 Å².